The summed E-state index contributed by atoms with van der Waals surface area (Å²) < 4.78 is 28.3. The molecular weight excluding hydrogens is 366 g/mol. The molecule has 0 aromatic heterocycles. The van der Waals surface area contributed by atoms with Crippen molar-refractivity contribution in [3.8, 4) is 5.75 Å². The highest BCUT2D eigenvalue weighted by Crippen LogP contribution is 2.18. The molecule has 0 aliphatic heterocycles. The largest absolute Gasteiger partial charge is 0.491 e. The van der Waals surface area contributed by atoms with Gasteiger partial charge in [-0.2, -0.15) is 0 Å². The summed E-state index contributed by atoms with van der Waals surface area (Å²) in [6.45, 7) is 10.1. The number of aliphatic hydroxyl groups is 1. The first-order valence-electron chi connectivity index (χ1n) is 9.12. The van der Waals surface area contributed by atoms with Gasteiger partial charge in [-0.25, -0.2) is 8.42 Å². The molecule has 0 radical (unpaired) electrons. The third kappa shape index (κ3) is 7.76. The average molecular weight is 400 g/mol. The summed E-state index contributed by atoms with van der Waals surface area (Å²) in [6.07, 6.45) is 0.571. The zero-order chi connectivity index (χ0) is 20.7. The van der Waals surface area contributed by atoms with Gasteiger partial charge in [0.05, 0.1) is 23.5 Å². The molecule has 0 spiro atoms. The molecule has 1 aromatic rings. The van der Waals surface area contributed by atoms with Gasteiger partial charge in [-0.15, -0.1) is 0 Å². The summed E-state index contributed by atoms with van der Waals surface area (Å²) >= 11 is 0. The maximum absolute atomic E-state index is 11.8. The van der Waals surface area contributed by atoms with E-state index in [0.29, 0.717) is 12.5 Å². The fourth-order valence-corrected chi connectivity index (χ4v) is 2.38. The number of guanidine groups is 1. The molecule has 0 heterocycles. The Morgan fingerprint density at radius 2 is 1.81 bits per heavy atom. The zero-order valence-corrected chi connectivity index (χ0v) is 17.9. The molecule has 1 unspecified atom stereocenters. The van der Waals surface area contributed by atoms with E-state index in [9.17, 15) is 13.5 Å². The lowest BCUT2D eigenvalue weighted by molar-refractivity contribution is 0.180. The third-order valence-electron chi connectivity index (χ3n) is 4.07. The fraction of sp³-hybridized carbons (Fsp3) is 0.632. The van der Waals surface area contributed by atoms with Crippen LogP contribution in [0.15, 0.2) is 29.3 Å². The van der Waals surface area contributed by atoms with Crippen LogP contribution in [0.5, 0.6) is 5.75 Å². The van der Waals surface area contributed by atoms with Crippen molar-refractivity contribution in [2.45, 2.75) is 51.6 Å². The lowest BCUT2D eigenvalue weighted by atomic mass is 10.1. The second-order valence-electron chi connectivity index (χ2n) is 7.36. The molecule has 0 fully saturated rings. The molecule has 1 aromatic carbocycles. The van der Waals surface area contributed by atoms with E-state index in [-0.39, 0.29) is 19.2 Å². The highest BCUT2D eigenvalue weighted by atomic mass is 32.2. The highest BCUT2D eigenvalue weighted by Gasteiger charge is 2.30. The van der Waals surface area contributed by atoms with E-state index in [1.165, 1.54) is 6.26 Å². The van der Waals surface area contributed by atoms with Crippen LogP contribution < -0.4 is 15.4 Å². The lowest BCUT2D eigenvalue weighted by Gasteiger charge is -2.21. The van der Waals surface area contributed by atoms with Gasteiger partial charge >= 0.3 is 0 Å². The first-order chi connectivity index (χ1) is 12.5. The zero-order valence-electron chi connectivity index (χ0n) is 17.1. The number of rotatable bonds is 9. The predicted octanol–water partition coefficient (Wildman–Crippen LogP) is 1.89. The molecule has 0 bridgehead atoms. The van der Waals surface area contributed by atoms with Crippen LogP contribution in [-0.4, -0.2) is 56.2 Å². The standard InChI is InChI=1S/C19H33N3O4S/c1-7-20-18(22-13-19(4,5)27(6,24)25)21-12-17(23)15-8-10-16(11-9-15)26-14(2)3/h8-11,14,17,23H,7,12-13H2,1-6H3,(H2,20,21,22). The monoisotopic (exact) mass is 399 g/mol. The summed E-state index contributed by atoms with van der Waals surface area (Å²) in [5, 5.41) is 16.5. The summed E-state index contributed by atoms with van der Waals surface area (Å²) in [6, 6.07) is 7.29. The Bertz CT molecular complexity index is 713. The number of hydrogen-bond acceptors (Lipinski definition) is 5. The molecule has 154 valence electrons. The van der Waals surface area contributed by atoms with Crippen molar-refractivity contribution in [3.05, 3.63) is 29.8 Å². The van der Waals surface area contributed by atoms with Crippen molar-refractivity contribution in [3.63, 3.8) is 0 Å². The maximum atomic E-state index is 11.8. The Hall–Kier alpha value is -1.80. The number of aliphatic imine (C=N–C) groups is 1. The van der Waals surface area contributed by atoms with Crippen molar-refractivity contribution >= 4 is 15.8 Å². The molecule has 0 amide bonds. The Balaban J connectivity index is 2.71. The van der Waals surface area contributed by atoms with Crippen LogP contribution in [0.2, 0.25) is 0 Å². The van der Waals surface area contributed by atoms with Crippen LogP contribution in [0.3, 0.4) is 0 Å². The number of nitrogens with one attached hydrogen (secondary N) is 2. The molecular formula is C19H33N3O4S. The Morgan fingerprint density at radius 3 is 2.30 bits per heavy atom. The molecule has 7 nitrogen and oxygen atoms in total. The van der Waals surface area contributed by atoms with Crippen LogP contribution >= 0.6 is 0 Å². The maximum Gasteiger partial charge on any atom is 0.191 e. The first kappa shape index (κ1) is 23.2. The number of sulfone groups is 1. The normalized spacial score (nSPS) is 14.1. The van der Waals surface area contributed by atoms with Crippen LogP contribution in [0.25, 0.3) is 0 Å². The van der Waals surface area contributed by atoms with Crippen LogP contribution in [0, 0.1) is 0 Å². The molecule has 1 atom stereocenters. The molecule has 3 N–H and O–H groups in total. The summed E-state index contributed by atoms with van der Waals surface area (Å²) in [7, 11) is -3.22. The van der Waals surface area contributed by atoms with E-state index >= 15 is 0 Å². The van der Waals surface area contributed by atoms with Crippen molar-refractivity contribution in [2.75, 3.05) is 25.9 Å². The van der Waals surface area contributed by atoms with Crippen molar-refractivity contribution in [1.82, 2.24) is 10.6 Å². The molecule has 0 aliphatic rings. The van der Waals surface area contributed by atoms with Gasteiger partial charge in [-0.3, -0.25) is 4.99 Å². The van der Waals surface area contributed by atoms with Gasteiger partial charge < -0.3 is 20.5 Å². The SMILES string of the molecule is CCNC(=NCC(C)(C)S(C)(=O)=O)NCC(O)c1ccc(OC(C)C)cc1. The minimum Gasteiger partial charge on any atom is -0.491 e. The van der Waals surface area contributed by atoms with Gasteiger partial charge in [0.2, 0.25) is 0 Å². The van der Waals surface area contributed by atoms with E-state index in [2.05, 4.69) is 15.6 Å². The van der Waals surface area contributed by atoms with Gasteiger partial charge in [0.15, 0.2) is 15.8 Å². The van der Waals surface area contributed by atoms with Crippen LogP contribution in [0.1, 0.15) is 46.3 Å². The van der Waals surface area contributed by atoms with Gasteiger partial charge in [-0.05, 0) is 52.3 Å². The summed E-state index contributed by atoms with van der Waals surface area (Å²) in [4.78, 5) is 4.35. The third-order valence-corrected chi connectivity index (χ3v) is 6.20. The fourth-order valence-electron chi connectivity index (χ4n) is 2.08. The van der Waals surface area contributed by atoms with Gasteiger partial charge in [0.25, 0.3) is 0 Å². The number of aliphatic hydroxyl groups excluding tert-OH is 1. The van der Waals surface area contributed by atoms with Gasteiger partial charge in [0.1, 0.15) is 5.75 Å². The Labute approximate surface area is 163 Å². The van der Waals surface area contributed by atoms with E-state index < -0.39 is 20.7 Å². The van der Waals surface area contributed by atoms with Crippen LogP contribution in [0.4, 0.5) is 0 Å². The Morgan fingerprint density at radius 1 is 1.22 bits per heavy atom. The van der Waals surface area contributed by atoms with Crippen molar-refractivity contribution in [1.29, 1.82) is 0 Å². The second kappa shape index (κ2) is 9.94. The average Bonchev–Trinajstić information content (AvgIpc) is 2.56. The molecule has 27 heavy (non-hydrogen) atoms. The van der Waals surface area contributed by atoms with E-state index in [4.69, 9.17) is 4.74 Å². The minimum atomic E-state index is -3.22. The lowest BCUT2D eigenvalue weighted by Crippen LogP contribution is -2.42. The molecule has 1 rings (SSSR count). The number of nitrogens with zero attached hydrogens (tertiary/aromatic N) is 1. The van der Waals surface area contributed by atoms with Crippen molar-refractivity contribution < 1.29 is 18.3 Å². The van der Waals surface area contributed by atoms with Crippen LogP contribution in [-0.2, 0) is 9.84 Å². The Kier molecular flexibility index (Phi) is 8.56. The minimum absolute atomic E-state index is 0.0949. The quantitative estimate of drug-likeness (QED) is 0.433. The second-order valence-corrected chi connectivity index (χ2v) is 10.0. The topological polar surface area (TPSA) is 100 Å². The van der Waals surface area contributed by atoms with Gasteiger partial charge in [0, 0.05) is 19.3 Å². The molecule has 0 saturated heterocycles. The number of benzene rings is 1. The van der Waals surface area contributed by atoms with Gasteiger partial charge in [-0.1, -0.05) is 12.1 Å². The summed E-state index contributed by atoms with van der Waals surface area (Å²) in [5.74, 6) is 1.22. The van der Waals surface area contributed by atoms with E-state index in [1.54, 1.807) is 13.8 Å². The van der Waals surface area contributed by atoms with E-state index in [0.717, 1.165) is 11.3 Å². The molecule has 0 aliphatic carbocycles. The first-order valence-corrected chi connectivity index (χ1v) is 11.0. The number of ether oxygens (including phenoxy) is 1. The smallest absolute Gasteiger partial charge is 0.191 e. The molecule has 0 saturated carbocycles. The van der Waals surface area contributed by atoms with Crippen molar-refractivity contribution in [2.24, 2.45) is 4.99 Å². The predicted molar refractivity (Wildman–Crippen MR) is 110 cm³/mol. The highest BCUT2D eigenvalue weighted by molar-refractivity contribution is 7.92. The molecule has 8 heteroatoms. The number of hydrogen-bond donors (Lipinski definition) is 3. The summed E-state index contributed by atoms with van der Waals surface area (Å²) in [5.41, 5.74) is 0.755. The van der Waals surface area contributed by atoms with E-state index in [1.807, 2.05) is 45.0 Å².